The van der Waals surface area contributed by atoms with Gasteiger partial charge in [-0.2, -0.15) is 11.3 Å². The molecule has 0 fully saturated rings. The third kappa shape index (κ3) is 3.28. The number of thiophene rings is 1. The van der Waals surface area contributed by atoms with Crippen LogP contribution in [0.4, 0.5) is 0 Å². The van der Waals surface area contributed by atoms with E-state index in [1.807, 2.05) is 17.5 Å². The maximum absolute atomic E-state index is 5.82. The summed E-state index contributed by atoms with van der Waals surface area (Å²) in [6.45, 7) is 0.548. The molecule has 1 aromatic heterocycles. The van der Waals surface area contributed by atoms with Crippen molar-refractivity contribution in [1.82, 2.24) is 0 Å². The van der Waals surface area contributed by atoms with Crippen LogP contribution < -0.4 is 9.47 Å². The maximum atomic E-state index is 5.82. The van der Waals surface area contributed by atoms with Crippen LogP contribution in [0.15, 0.2) is 33.4 Å². The lowest BCUT2D eigenvalue weighted by Crippen LogP contribution is -1.98. The summed E-state index contributed by atoms with van der Waals surface area (Å²) in [5.41, 5.74) is 2.31. The molecule has 0 N–H and O–H groups in total. The summed E-state index contributed by atoms with van der Waals surface area (Å²) in [5, 5.41) is 4.90. The second-order valence-electron chi connectivity index (χ2n) is 3.66. The molecule has 1 heterocycles. The van der Waals surface area contributed by atoms with Crippen molar-refractivity contribution in [2.24, 2.45) is 0 Å². The van der Waals surface area contributed by atoms with E-state index in [4.69, 9.17) is 9.47 Å². The van der Waals surface area contributed by atoms with Crippen molar-refractivity contribution < 1.29 is 9.47 Å². The Kier molecular flexibility index (Phi) is 5.09. The normalized spacial score (nSPS) is 10.4. The van der Waals surface area contributed by atoms with E-state index in [-0.39, 0.29) is 0 Å². The van der Waals surface area contributed by atoms with Crippen molar-refractivity contribution in [3.05, 3.63) is 44.6 Å². The minimum absolute atomic E-state index is 0.548. The average molecular weight is 392 g/mol. The molecule has 0 aliphatic rings. The lowest BCUT2D eigenvalue weighted by atomic mass is 10.2. The molecular weight excluding hydrogens is 380 g/mol. The zero-order valence-corrected chi connectivity index (χ0v) is 13.8. The Morgan fingerprint density at radius 3 is 2.72 bits per heavy atom. The molecule has 18 heavy (non-hydrogen) atoms. The fourth-order valence-corrected chi connectivity index (χ4v) is 3.10. The van der Waals surface area contributed by atoms with Crippen LogP contribution >= 0.6 is 43.2 Å². The van der Waals surface area contributed by atoms with Gasteiger partial charge in [0.25, 0.3) is 0 Å². The van der Waals surface area contributed by atoms with E-state index < -0.39 is 0 Å². The minimum Gasteiger partial charge on any atom is -0.493 e. The molecule has 0 unspecified atom stereocenters. The Hall–Kier alpha value is -0.520. The first kappa shape index (κ1) is 13.9. The second-order valence-corrected chi connectivity index (χ2v) is 5.86. The van der Waals surface area contributed by atoms with Crippen molar-refractivity contribution in [3.63, 3.8) is 0 Å². The number of hydrogen-bond donors (Lipinski definition) is 0. The number of hydrogen-bond acceptors (Lipinski definition) is 3. The molecule has 0 radical (unpaired) electrons. The zero-order chi connectivity index (χ0) is 13.0. The van der Waals surface area contributed by atoms with E-state index in [1.165, 1.54) is 5.56 Å². The fourth-order valence-electron chi connectivity index (χ4n) is 1.52. The molecule has 0 atom stereocenters. The van der Waals surface area contributed by atoms with Gasteiger partial charge >= 0.3 is 0 Å². The molecular formula is C13H12Br2O2S. The summed E-state index contributed by atoms with van der Waals surface area (Å²) in [4.78, 5) is 0. The SMILES string of the molecule is COc1cc(CBr)cc(Br)c1OCc1ccsc1. The van der Waals surface area contributed by atoms with Gasteiger partial charge in [0.05, 0.1) is 11.6 Å². The minimum atomic E-state index is 0.548. The molecule has 1 aromatic carbocycles. The summed E-state index contributed by atoms with van der Waals surface area (Å²) in [6, 6.07) is 6.06. The number of rotatable bonds is 5. The quantitative estimate of drug-likeness (QED) is 0.668. The Labute approximate surface area is 127 Å². The number of halogens is 2. The van der Waals surface area contributed by atoms with E-state index in [0.29, 0.717) is 6.61 Å². The van der Waals surface area contributed by atoms with Crippen LogP contribution in [0.3, 0.4) is 0 Å². The third-order valence-electron chi connectivity index (χ3n) is 2.41. The summed E-state index contributed by atoms with van der Waals surface area (Å²) < 4.78 is 12.1. The van der Waals surface area contributed by atoms with Crippen LogP contribution in [0, 0.1) is 0 Å². The van der Waals surface area contributed by atoms with Crippen LogP contribution in [0.25, 0.3) is 0 Å². The van der Waals surface area contributed by atoms with E-state index in [1.54, 1.807) is 18.4 Å². The highest BCUT2D eigenvalue weighted by atomic mass is 79.9. The van der Waals surface area contributed by atoms with Crippen molar-refractivity contribution in [1.29, 1.82) is 0 Å². The summed E-state index contributed by atoms with van der Waals surface area (Å²) in [7, 11) is 1.65. The van der Waals surface area contributed by atoms with Gasteiger partial charge in [0.2, 0.25) is 0 Å². The molecule has 96 valence electrons. The molecule has 2 nitrogen and oxygen atoms in total. The zero-order valence-electron chi connectivity index (χ0n) is 9.78. The van der Waals surface area contributed by atoms with Gasteiger partial charge in [-0.25, -0.2) is 0 Å². The van der Waals surface area contributed by atoms with Gasteiger partial charge in [0.15, 0.2) is 11.5 Å². The lowest BCUT2D eigenvalue weighted by Gasteiger charge is -2.13. The number of alkyl halides is 1. The highest BCUT2D eigenvalue weighted by molar-refractivity contribution is 9.10. The molecule has 0 saturated heterocycles. The van der Waals surface area contributed by atoms with Crippen LogP contribution in [0.5, 0.6) is 11.5 Å². The summed E-state index contributed by atoms with van der Waals surface area (Å²) >= 11 is 8.62. The molecule has 0 spiro atoms. The predicted octanol–water partition coefficient (Wildman–Crippen LogP) is 4.99. The van der Waals surface area contributed by atoms with Crippen molar-refractivity contribution in [3.8, 4) is 11.5 Å². The van der Waals surface area contributed by atoms with E-state index in [0.717, 1.165) is 26.9 Å². The second kappa shape index (κ2) is 6.59. The van der Waals surface area contributed by atoms with Crippen molar-refractivity contribution >= 4 is 43.2 Å². The number of methoxy groups -OCH3 is 1. The molecule has 0 aliphatic heterocycles. The monoisotopic (exact) mass is 390 g/mol. The van der Waals surface area contributed by atoms with Crippen LogP contribution in [0.1, 0.15) is 11.1 Å². The largest absolute Gasteiger partial charge is 0.493 e. The van der Waals surface area contributed by atoms with Gasteiger partial charge in [-0.05, 0) is 56.0 Å². The van der Waals surface area contributed by atoms with Gasteiger partial charge in [-0.15, -0.1) is 0 Å². The first-order valence-electron chi connectivity index (χ1n) is 5.31. The van der Waals surface area contributed by atoms with Gasteiger partial charge in [0.1, 0.15) is 6.61 Å². The van der Waals surface area contributed by atoms with Crippen LogP contribution in [-0.4, -0.2) is 7.11 Å². The van der Waals surface area contributed by atoms with Crippen molar-refractivity contribution in [2.45, 2.75) is 11.9 Å². The standard InChI is InChI=1S/C13H12Br2O2S/c1-16-12-5-10(6-14)4-11(15)13(12)17-7-9-2-3-18-8-9/h2-5,8H,6-7H2,1H3. The molecule has 2 rings (SSSR count). The number of benzene rings is 1. The third-order valence-corrected chi connectivity index (χ3v) is 4.38. The Balaban J connectivity index is 2.20. The van der Waals surface area contributed by atoms with E-state index in [9.17, 15) is 0 Å². The maximum Gasteiger partial charge on any atom is 0.175 e. The van der Waals surface area contributed by atoms with Gasteiger partial charge < -0.3 is 9.47 Å². The van der Waals surface area contributed by atoms with Gasteiger partial charge in [-0.3, -0.25) is 0 Å². The fraction of sp³-hybridized carbons (Fsp3) is 0.231. The predicted molar refractivity (Wildman–Crippen MR) is 82.0 cm³/mol. The van der Waals surface area contributed by atoms with Crippen LogP contribution in [0.2, 0.25) is 0 Å². The summed E-state index contributed by atoms with van der Waals surface area (Å²) in [5.74, 6) is 1.49. The smallest absolute Gasteiger partial charge is 0.175 e. The molecule has 5 heteroatoms. The number of ether oxygens (including phenoxy) is 2. The molecule has 0 aliphatic carbocycles. The highest BCUT2D eigenvalue weighted by Crippen LogP contribution is 2.37. The molecule has 0 bridgehead atoms. The van der Waals surface area contributed by atoms with Gasteiger partial charge in [-0.1, -0.05) is 15.9 Å². The summed E-state index contributed by atoms with van der Waals surface area (Å²) in [6.07, 6.45) is 0. The Bertz CT molecular complexity index is 512. The first-order valence-corrected chi connectivity index (χ1v) is 8.16. The Morgan fingerprint density at radius 1 is 1.28 bits per heavy atom. The molecule has 0 amide bonds. The first-order chi connectivity index (χ1) is 8.74. The average Bonchev–Trinajstić information content (AvgIpc) is 2.89. The Morgan fingerprint density at radius 2 is 2.11 bits per heavy atom. The highest BCUT2D eigenvalue weighted by Gasteiger charge is 2.11. The molecule has 2 aromatic rings. The van der Waals surface area contributed by atoms with Crippen molar-refractivity contribution in [2.75, 3.05) is 7.11 Å². The molecule has 0 saturated carbocycles. The lowest BCUT2D eigenvalue weighted by molar-refractivity contribution is 0.283. The van der Waals surface area contributed by atoms with E-state index in [2.05, 4.69) is 43.3 Å². The topological polar surface area (TPSA) is 18.5 Å². The van der Waals surface area contributed by atoms with Gasteiger partial charge in [0, 0.05) is 5.33 Å². The van der Waals surface area contributed by atoms with E-state index >= 15 is 0 Å². The van der Waals surface area contributed by atoms with Crippen LogP contribution in [-0.2, 0) is 11.9 Å².